The van der Waals surface area contributed by atoms with Crippen molar-refractivity contribution in [3.63, 3.8) is 0 Å². The summed E-state index contributed by atoms with van der Waals surface area (Å²) in [6, 6.07) is 5.22. The Morgan fingerprint density at radius 2 is 2.04 bits per heavy atom. The Hall–Kier alpha value is -2.27. The fraction of sp³-hybridized carbons (Fsp3) is 0.471. The molecule has 1 aromatic carbocycles. The first-order chi connectivity index (χ1) is 13.5. The van der Waals surface area contributed by atoms with Crippen molar-refractivity contribution in [1.82, 2.24) is 10.2 Å². The van der Waals surface area contributed by atoms with Crippen molar-refractivity contribution in [3.8, 4) is 11.5 Å². The van der Waals surface area contributed by atoms with Crippen LogP contribution in [0.4, 0.5) is 5.69 Å². The third-order valence-corrected chi connectivity index (χ3v) is 7.05. The number of aromatic nitrogens is 2. The van der Waals surface area contributed by atoms with Crippen LogP contribution >= 0.6 is 11.8 Å². The number of fused-ring (bicyclic) bond motifs is 1. The van der Waals surface area contributed by atoms with Crippen molar-refractivity contribution in [2.75, 3.05) is 35.8 Å². The Balaban J connectivity index is 1.26. The van der Waals surface area contributed by atoms with Crippen LogP contribution in [0.3, 0.4) is 0 Å². The number of amides is 1. The number of nitrogens with zero attached hydrogens (tertiary/aromatic N) is 2. The Morgan fingerprint density at radius 1 is 1.21 bits per heavy atom. The van der Waals surface area contributed by atoms with Crippen molar-refractivity contribution in [3.05, 3.63) is 24.1 Å². The van der Waals surface area contributed by atoms with E-state index >= 15 is 0 Å². The molecule has 0 spiro atoms. The summed E-state index contributed by atoms with van der Waals surface area (Å²) in [6.07, 6.45) is 1.06. The van der Waals surface area contributed by atoms with Gasteiger partial charge >= 0.3 is 0 Å². The molecule has 0 saturated carbocycles. The van der Waals surface area contributed by atoms with Crippen LogP contribution in [0.1, 0.15) is 12.3 Å². The van der Waals surface area contributed by atoms with E-state index in [1.807, 2.05) is 0 Å². The van der Waals surface area contributed by atoms with E-state index in [0.29, 0.717) is 49.1 Å². The molecule has 4 rings (SSSR count). The minimum Gasteiger partial charge on any atom is -0.486 e. The molecule has 2 aliphatic rings. The van der Waals surface area contributed by atoms with Gasteiger partial charge < -0.3 is 19.2 Å². The molecule has 1 saturated heterocycles. The molecule has 1 unspecified atom stereocenters. The van der Waals surface area contributed by atoms with Gasteiger partial charge in [-0.25, -0.2) is 8.42 Å². The van der Waals surface area contributed by atoms with Crippen molar-refractivity contribution in [2.45, 2.75) is 18.1 Å². The Bertz CT molecular complexity index is 975. The minimum atomic E-state index is -2.93. The molecule has 1 fully saturated rings. The van der Waals surface area contributed by atoms with Crippen LogP contribution in [-0.2, 0) is 21.1 Å². The third-order valence-electron chi connectivity index (χ3n) is 4.39. The van der Waals surface area contributed by atoms with Crippen LogP contribution in [0, 0.1) is 5.92 Å². The standard InChI is InChI=1S/C17H19N3O6S2/c21-15(18-12-1-2-13-14(8-12)25-5-4-24-13)9-27-17-20-19-16(26-17)7-11-3-6-28(22,23)10-11/h1-2,8,11H,3-7,9-10H2,(H,18,21). The summed E-state index contributed by atoms with van der Waals surface area (Å²) in [5.41, 5.74) is 0.614. The predicted octanol–water partition coefficient (Wildman–Crippen LogP) is 1.55. The van der Waals surface area contributed by atoms with Crippen molar-refractivity contribution >= 4 is 33.2 Å². The maximum atomic E-state index is 12.2. The summed E-state index contributed by atoms with van der Waals surface area (Å²) in [4.78, 5) is 12.2. The molecular formula is C17H19N3O6S2. The lowest BCUT2D eigenvalue weighted by atomic mass is 10.1. The second-order valence-electron chi connectivity index (χ2n) is 6.63. The highest BCUT2D eigenvalue weighted by molar-refractivity contribution is 7.99. The molecule has 2 aliphatic heterocycles. The summed E-state index contributed by atoms with van der Waals surface area (Å²) in [7, 11) is -2.93. The second kappa shape index (κ2) is 8.00. The molecule has 0 aliphatic carbocycles. The Kier molecular flexibility index (Phi) is 5.44. The fourth-order valence-electron chi connectivity index (χ4n) is 3.10. The minimum absolute atomic E-state index is 0.0156. The number of benzene rings is 1. The van der Waals surface area contributed by atoms with Crippen LogP contribution in [-0.4, -0.2) is 55.0 Å². The number of hydrogen-bond donors (Lipinski definition) is 1. The largest absolute Gasteiger partial charge is 0.486 e. The molecule has 11 heteroatoms. The molecule has 1 aromatic heterocycles. The molecule has 0 radical (unpaired) electrons. The smallest absolute Gasteiger partial charge is 0.277 e. The van der Waals surface area contributed by atoms with Gasteiger partial charge in [-0.1, -0.05) is 11.8 Å². The Labute approximate surface area is 166 Å². The van der Waals surface area contributed by atoms with E-state index < -0.39 is 9.84 Å². The van der Waals surface area contributed by atoms with Gasteiger partial charge in [-0.15, -0.1) is 10.2 Å². The molecule has 3 heterocycles. The molecule has 150 valence electrons. The average molecular weight is 425 g/mol. The molecule has 2 aromatic rings. The van der Waals surface area contributed by atoms with E-state index in [1.165, 1.54) is 0 Å². The van der Waals surface area contributed by atoms with Gasteiger partial charge in [0.25, 0.3) is 5.22 Å². The zero-order valence-corrected chi connectivity index (χ0v) is 16.6. The van der Waals surface area contributed by atoms with E-state index in [0.717, 1.165) is 11.8 Å². The monoisotopic (exact) mass is 425 g/mol. The fourth-order valence-corrected chi connectivity index (χ4v) is 5.55. The zero-order valence-electron chi connectivity index (χ0n) is 14.9. The van der Waals surface area contributed by atoms with Gasteiger partial charge in [0.1, 0.15) is 13.2 Å². The van der Waals surface area contributed by atoms with E-state index in [2.05, 4.69) is 15.5 Å². The lowest BCUT2D eigenvalue weighted by molar-refractivity contribution is -0.113. The highest BCUT2D eigenvalue weighted by Crippen LogP contribution is 2.32. The second-order valence-corrected chi connectivity index (χ2v) is 9.79. The van der Waals surface area contributed by atoms with E-state index in [4.69, 9.17) is 13.9 Å². The van der Waals surface area contributed by atoms with Crippen molar-refractivity contribution < 1.29 is 27.1 Å². The van der Waals surface area contributed by atoms with E-state index in [1.54, 1.807) is 18.2 Å². The van der Waals surface area contributed by atoms with Crippen LogP contribution in [0.2, 0.25) is 0 Å². The van der Waals surface area contributed by atoms with Gasteiger partial charge in [0.05, 0.1) is 17.3 Å². The number of sulfone groups is 1. The van der Waals surface area contributed by atoms with Gasteiger partial charge in [-0.05, 0) is 24.5 Å². The number of nitrogens with one attached hydrogen (secondary N) is 1. The molecular weight excluding hydrogens is 406 g/mol. The summed E-state index contributed by atoms with van der Waals surface area (Å²) in [6.45, 7) is 0.991. The number of rotatable bonds is 6. The van der Waals surface area contributed by atoms with Crippen LogP contribution < -0.4 is 14.8 Å². The van der Waals surface area contributed by atoms with Gasteiger partial charge in [-0.2, -0.15) is 0 Å². The quantitative estimate of drug-likeness (QED) is 0.687. The maximum Gasteiger partial charge on any atom is 0.277 e. The van der Waals surface area contributed by atoms with Crippen LogP contribution in [0.15, 0.2) is 27.8 Å². The van der Waals surface area contributed by atoms with Crippen LogP contribution in [0.25, 0.3) is 0 Å². The van der Waals surface area contributed by atoms with Gasteiger partial charge in [-0.3, -0.25) is 4.79 Å². The summed E-state index contributed by atoms with van der Waals surface area (Å²) in [5.74, 6) is 1.94. The van der Waals surface area contributed by atoms with Gasteiger partial charge in [0.15, 0.2) is 21.3 Å². The molecule has 0 bridgehead atoms. The summed E-state index contributed by atoms with van der Waals surface area (Å²) >= 11 is 1.13. The van der Waals surface area contributed by atoms with Gasteiger partial charge in [0.2, 0.25) is 11.8 Å². The first kappa shape index (κ1) is 19.1. The summed E-state index contributed by atoms with van der Waals surface area (Å²) < 4.78 is 39.5. The van der Waals surface area contributed by atoms with Crippen molar-refractivity contribution in [2.24, 2.45) is 5.92 Å². The topological polar surface area (TPSA) is 121 Å². The number of carbonyl (C=O) groups excluding carboxylic acids is 1. The Morgan fingerprint density at radius 3 is 2.82 bits per heavy atom. The SMILES string of the molecule is O=C(CSc1nnc(CC2CCS(=O)(=O)C2)o1)Nc1ccc2c(c1)OCCO2. The lowest BCUT2D eigenvalue weighted by Crippen LogP contribution is -2.17. The molecule has 9 nitrogen and oxygen atoms in total. The number of carbonyl (C=O) groups is 1. The van der Waals surface area contributed by atoms with E-state index in [-0.39, 0.29) is 34.3 Å². The zero-order chi connectivity index (χ0) is 19.6. The highest BCUT2D eigenvalue weighted by Gasteiger charge is 2.29. The molecule has 1 N–H and O–H groups in total. The number of thioether (sulfide) groups is 1. The lowest BCUT2D eigenvalue weighted by Gasteiger charge is -2.18. The van der Waals surface area contributed by atoms with Crippen molar-refractivity contribution in [1.29, 1.82) is 0 Å². The normalized spacial score (nSPS) is 20.1. The summed E-state index contributed by atoms with van der Waals surface area (Å²) in [5, 5.41) is 10.9. The third kappa shape index (κ3) is 4.76. The number of ether oxygens (including phenoxy) is 2. The first-order valence-corrected chi connectivity index (χ1v) is 11.6. The van der Waals surface area contributed by atoms with Gasteiger partial charge in [0, 0.05) is 18.2 Å². The van der Waals surface area contributed by atoms with Crippen LogP contribution in [0.5, 0.6) is 11.5 Å². The predicted molar refractivity (Wildman–Crippen MR) is 102 cm³/mol. The maximum absolute atomic E-state index is 12.2. The first-order valence-electron chi connectivity index (χ1n) is 8.82. The number of hydrogen-bond acceptors (Lipinski definition) is 9. The molecule has 1 amide bonds. The highest BCUT2D eigenvalue weighted by atomic mass is 32.2. The molecule has 28 heavy (non-hydrogen) atoms. The average Bonchev–Trinajstić information content (AvgIpc) is 3.26. The van der Waals surface area contributed by atoms with E-state index in [9.17, 15) is 13.2 Å². The number of anilines is 1. The molecule has 1 atom stereocenters.